The van der Waals surface area contributed by atoms with Gasteiger partial charge in [0.15, 0.2) is 0 Å². The molecule has 2 atom stereocenters. The van der Waals surface area contributed by atoms with Gasteiger partial charge in [-0.2, -0.15) is 0 Å². The summed E-state index contributed by atoms with van der Waals surface area (Å²) in [4.78, 5) is 17.4. The highest BCUT2D eigenvalue weighted by molar-refractivity contribution is 9.10. The maximum atomic E-state index is 12.8. The largest absolute Gasteiger partial charge is 0.340 e. The summed E-state index contributed by atoms with van der Waals surface area (Å²) >= 11 is 3.53. The van der Waals surface area contributed by atoms with Crippen LogP contribution in [0.2, 0.25) is 0 Å². The van der Waals surface area contributed by atoms with Crippen molar-refractivity contribution in [3.05, 3.63) is 69.7 Å². The third kappa shape index (κ3) is 4.02. The van der Waals surface area contributed by atoms with Crippen molar-refractivity contribution in [2.75, 3.05) is 26.2 Å². The van der Waals surface area contributed by atoms with Crippen LogP contribution in [0.25, 0.3) is 0 Å². The first kappa shape index (κ1) is 17.7. The van der Waals surface area contributed by atoms with E-state index in [1.54, 1.807) is 0 Å². The lowest BCUT2D eigenvalue weighted by Gasteiger charge is -2.35. The molecule has 4 rings (SSSR count). The topological polar surface area (TPSA) is 23.6 Å². The van der Waals surface area contributed by atoms with Crippen LogP contribution in [-0.2, 0) is 11.3 Å². The van der Waals surface area contributed by atoms with E-state index >= 15 is 0 Å². The zero-order valence-corrected chi connectivity index (χ0v) is 16.8. The summed E-state index contributed by atoms with van der Waals surface area (Å²) in [7, 11) is 0. The third-order valence-corrected chi connectivity index (χ3v) is 6.05. The highest BCUT2D eigenvalue weighted by Crippen LogP contribution is 2.48. The number of hydrogen-bond acceptors (Lipinski definition) is 2. The number of amides is 1. The summed E-state index contributed by atoms with van der Waals surface area (Å²) in [6, 6.07) is 17.1. The molecule has 4 heteroatoms. The highest BCUT2D eigenvalue weighted by atomic mass is 79.9. The Morgan fingerprint density at radius 1 is 1.08 bits per heavy atom. The third-order valence-electron chi connectivity index (χ3n) is 5.56. The smallest absolute Gasteiger partial charge is 0.226 e. The van der Waals surface area contributed by atoms with Crippen molar-refractivity contribution in [3.8, 4) is 0 Å². The van der Waals surface area contributed by atoms with E-state index in [2.05, 4.69) is 75.1 Å². The number of nitrogens with zero attached hydrogens (tertiary/aromatic N) is 2. The number of benzene rings is 2. The van der Waals surface area contributed by atoms with E-state index in [1.807, 2.05) is 6.07 Å². The fourth-order valence-electron chi connectivity index (χ4n) is 4.00. The molecule has 3 nitrogen and oxygen atoms in total. The van der Waals surface area contributed by atoms with Crippen LogP contribution in [0.15, 0.2) is 53.0 Å². The van der Waals surface area contributed by atoms with Crippen LogP contribution in [0, 0.1) is 12.8 Å². The van der Waals surface area contributed by atoms with Crippen LogP contribution in [0.3, 0.4) is 0 Å². The van der Waals surface area contributed by atoms with Gasteiger partial charge < -0.3 is 4.90 Å². The molecule has 1 saturated heterocycles. The minimum Gasteiger partial charge on any atom is -0.340 e. The molecule has 2 aliphatic rings. The van der Waals surface area contributed by atoms with Crippen LogP contribution in [0.4, 0.5) is 0 Å². The van der Waals surface area contributed by atoms with Gasteiger partial charge in [-0.1, -0.05) is 57.9 Å². The van der Waals surface area contributed by atoms with Crippen LogP contribution in [0.5, 0.6) is 0 Å². The minimum absolute atomic E-state index is 0.188. The lowest BCUT2D eigenvalue weighted by Crippen LogP contribution is -2.48. The first-order chi connectivity index (χ1) is 12.6. The van der Waals surface area contributed by atoms with Crippen LogP contribution < -0.4 is 0 Å². The summed E-state index contributed by atoms with van der Waals surface area (Å²) < 4.78 is 1.10. The van der Waals surface area contributed by atoms with Crippen LogP contribution in [-0.4, -0.2) is 41.9 Å². The number of piperazine rings is 1. The van der Waals surface area contributed by atoms with Crippen LogP contribution in [0.1, 0.15) is 29.0 Å². The lowest BCUT2D eigenvalue weighted by atomic mass is 10.1. The Hall–Kier alpha value is -1.65. The first-order valence-electron chi connectivity index (χ1n) is 9.42. The molecule has 0 bridgehead atoms. The van der Waals surface area contributed by atoms with Gasteiger partial charge in [0.1, 0.15) is 0 Å². The van der Waals surface area contributed by atoms with Gasteiger partial charge in [-0.05, 0) is 42.5 Å². The summed E-state index contributed by atoms with van der Waals surface area (Å²) in [5.41, 5.74) is 3.96. The molecule has 1 aliphatic carbocycles. The number of rotatable bonds is 4. The quantitative estimate of drug-likeness (QED) is 0.750. The van der Waals surface area contributed by atoms with Crippen molar-refractivity contribution in [3.63, 3.8) is 0 Å². The van der Waals surface area contributed by atoms with Crippen molar-refractivity contribution in [1.29, 1.82) is 0 Å². The van der Waals surface area contributed by atoms with Gasteiger partial charge in [0.05, 0.1) is 0 Å². The normalized spacial score (nSPS) is 23.1. The Kier molecular flexibility index (Phi) is 5.14. The van der Waals surface area contributed by atoms with E-state index in [4.69, 9.17) is 0 Å². The van der Waals surface area contributed by atoms with Crippen molar-refractivity contribution < 1.29 is 4.79 Å². The summed E-state index contributed by atoms with van der Waals surface area (Å²) in [5.74, 6) is 0.947. The van der Waals surface area contributed by atoms with E-state index in [0.717, 1.165) is 43.6 Å². The molecule has 1 amide bonds. The lowest BCUT2D eigenvalue weighted by molar-refractivity contribution is -0.134. The van der Waals surface area contributed by atoms with E-state index in [9.17, 15) is 4.79 Å². The number of aryl methyl sites for hydroxylation is 1. The van der Waals surface area contributed by atoms with Gasteiger partial charge in [0, 0.05) is 43.1 Å². The SMILES string of the molecule is Cc1cccc(CN2CCN(C(=O)C3CC3c3cccc(Br)c3)CC2)c1. The summed E-state index contributed by atoms with van der Waals surface area (Å²) in [6.45, 7) is 6.76. The van der Waals surface area contributed by atoms with E-state index in [1.165, 1.54) is 16.7 Å². The van der Waals surface area contributed by atoms with Gasteiger partial charge in [-0.3, -0.25) is 9.69 Å². The van der Waals surface area contributed by atoms with E-state index in [-0.39, 0.29) is 5.92 Å². The summed E-state index contributed by atoms with van der Waals surface area (Å²) in [6.07, 6.45) is 0.999. The Morgan fingerprint density at radius 2 is 1.85 bits per heavy atom. The maximum Gasteiger partial charge on any atom is 0.226 e. The zero-order chi connectivity index (χ0) is 18.1. The molecule has 26 heavy (non-hydrogen) atoms. The molecule has 2 aromatic rings. The van der Waals surface area contributed by atoms with Gasteiger partial charge in [-0.15, -0.1) is 0 Å². The first-order valence-corrected chi connectivity index (χ1v) is 10.2. The Balaban J connectivity index is 1.29. The van der Waals surface area contributed by atoms with Gasteiger partial charge in [-0.25, -0.2) is 0 Å². The van der Waals surface area contributed by atoms with Gasteiger partial charge >= 0.3 is 0 Å². The maximum absolute atomic E-state index is 12.8. The molecule has 1 aliphatic heterocycles. The van der Waals surface area contributed by atoms with Crippen molar-refractivity contribution in [1.82, 2.24) is 9.80 Å². The second-order valence-corrected chi connectivity index (χ2v) is 8.51. The molecule has 0 N–H and O–H groups in total. The molecule has 2 fully saturated rings. The molecule has 2 aromatic carbocycles. The number of hydrogen-bond donors (Lipinski definition) is 0. The van der Waals surface area contributed by atoms with Crippen LogP contribution >= 0.6 is 15.9 Å². The Bertz CT molecular complexity index is 798. The molecule has 2 unspecified atom stereocenters. The van der Waals surface area contributed by atoms with Crippen molar-refractivity contribution in [2.45, 2.75) is 25.8 Å². The standard InChI is InChI=1S/C22H25BrN2O/c1-16-4-2-5-17(12-16)15-24-8-10-25(11-9-24)22(26)21-14-20(21)18-6-3-7-19(23)13-18/h2-7,12-13,20-21H,8-11,14-15H2,1H3. The second-order valence-electron chi connectivity index (χ2n) is 7.59. The molecular weight excluding hydrogens is 388 g/mol. The average molecular weight is 413 g/mol. The molecule has 0 spiro atoms. The van der Waals surface area contributed by atoms with Crippen molar-refractivity contribution >= 4 is 21.8 Å². The molecule has 136 valence electrons. The Morgan fingerprint density at radius 3 is 2.58 bits per heavy atom. The monoisotopic (exact) mass is 412 g/mol. The predicted octanol–water partition coefficient (Wildman–Crippen LogP) is 4.21. The molecule has 1 saturated carbocycles. The minimum atomic E-state index is 0.188. The second kappa shape index (κ2) is 7.53. The zero-order valence-electron chi connectivity index (χ0n) is 15.2. The number of halogens is 1. The predicted molar refractivity (Wildman–Crippen MR) is 108 cm³/mol. The highest BCUT2D eigenvalue weighted by Gasteiger charge is 2.46. The van der Waals surface area contributed by atoms with Gasteiger partial charge in [0.2, 0.25) is 5.91 Å². The van der Waals surface area contributed by atoms with Crippen molar-refractivity contribution in [2.24, 2.45) is 5.92 Å². The average Bonchev–Trinajstić information content (AvgIpc) is 3.43. The van der Waals surface area contributed by atoms with E-state index < -0.39 is 0 Å². The summed E-state index contributed by atoms with van der Waals surface area (Å²) in [5, 5.41) is 0. The number of carbonyl (C=O) groups excluding carboxylic acids is 1. The Labute approximate surface area is 164 Å². The molecule has 0 aromatic heterocycles. The molecular formula is C22H25BrN2O. The fourth-order valence-corrected chi connectivity index (χ4v) is 4.42. The molecule has 1 heterocycles. The fraction of sp³-hybridized carbons (Fsp3) is 0.409. The number of carbonyl (C=O) groups is 1. The molecule has 0 radical (unpaired) electrons. The van der Waals surface area contributed by atoms with E-state index in [0.29, 0.717) is 11.8 Å². The van der Waals surface area contributed by atoms with Gasteiger partial charge in [0.25, 0.3) is 0 Å².